The molecule has 1 unspecified atom stereocenters. The maximum Gasteiger partial charge on any atom is 0.320 e. The minimum Gasteiger partial charge on any atom is -0.480 e. The van der Waals surface area contributed by atoms with Gasteiger partial charge in [0, 0.05) is 16.6 Å². The van der Waals surface area contributed by atoms with E-state index in [-0.39, 0.29) is 5.92 Å². The second kappa shape index (κ2) is 5.25. The fourth-order valence-corrected chi connectivity index (χ4v) is 2.40. The summed E-state index contributed by atoms with van der Waals surface area (Å²) >= 11 is 11.7. The topological polar surface area (TPSA) is 49.3 Å². The Bertz CT molecular complexity index is 412. The Kier molecular flexibility index (Phi) is 3.92. The van der Waals surface area contributed by atoms with Crippen LogP contribution in [0.4, 0.5) is 0 Å². The first-order chi connectivity index (χ1) is 8.06. The average molecular weight is 274 g/mol. The molecule has 0 saturated heterocycles. The Morgan fingerprint density at radius 1 is 1.35 bits per heavy atom. The first-order valence-corrected chi connectivity index (χ1v) is 6.23. The van der Waals surface area contributed by atoms with Gasteiger partial charge in [0.15, 0.2) is 0 Å². The summed E-state index contributed by atoms with van der Waals surface area (Å²) < 4.78 is 0. The van der Waals surface area contributed by atoms with Crippen LogP contribution in [0.15, 0.2) is 18.2 Å². The minimum atomic E-state index is -0.791. The zero-order chi connectivity index (χ0) is 12.4. The number of hydrogen-bond acceptors (Lipinski definition) is 2. The lowest BCUT2D eigenvalue weighted by Crippen LogP contribution is -2.38. The van der Waals surface area contributed by atoms with E-state index in [0.29, 0.717) is 16.6 Å². The van der Waals surface area contributed by atoms with Crippen molar-refractivity contribution in [2.75, 3.05) is 0 Å². The van der Waals surface area contributed by atoms with Gasteiger partial charge in [-0.3, -0.25) is 4.79 Å². The van der Waals surface area contributed by atoms with Crippen LogP contribution < -0.4 is 5.32 Å². The van der Waals surface area contributed by atoms with Crippen molar-refractivity contribution in [2.45, 2.75) is 25.4 Å². The maximum atomic E-state index is 11.0. The molecule has 1 aliphatic rings. The SMILES string of the molecule is O=C(O)C(NCc1cc(Cl)cc(Cl)c1)C1CC1. The van der Waals surface area contributed by atoms with Crippen LogP contribution >= 0.6 is 23.2 Å². The molecule has 0 bridgehead atoms. The Labute approximate surface area is 110 Å². The summed E-state index contributed by atoms with van der Waals surface area (Å²) in [4.78, 5) is 11.0. The molecule has 2 rings (SSSR count). The fourth-order valence-electron chi connectivity index (χ4n) is 1.83. The van der Waals surface area contributed by atoms with E-state index in [1.807, 2.05) is 0 Å². The number of aliphatic carboxylic acids is 1. The van der Waals surface area contributed by atoms with Crippen LogP contribution in [0, 0.1) is 5.92 Å². The van der Waals surface area contributed by atoms with Crippen molar-refractivity contribution >= 4 is 29.2 Å². The number of benzene rings is 1. The monoisotopic (exact) mass is 273 g/mol. The van der Waals surface area contributed by atoms with Crippen LogP contribution in [0.25, 0.3) is 0 Å². The highest BCUT2D eigenvalue weighted by atomic mass is 35.5. The third-order valence-electron chi connectivity index (χ3n) is 2.81. The molecule has 1 saturated carbocycles. The van der Waals surface area contributed by atoms with E-state index in [0.717, 1.165) is 18.4 Å². The normalized spacial score (nSPS) is 16.8. The average Bonchev–Trinajstić information content (AvgIpc) is 3.00. The third-order valence-corrected chi connectivity index (χ3v) is 3.24. The predicted octanol–water partition coefficient (Wildman–Crippen LogP) is 2.95. The van der Waals surface area contributed by atoms with Crippen molar-refractivity contribution in [2.24, 2.45) is 5.92 Å². The number of carbonyl (C=O) groups is 1. The first kappa shape index (κ1) is 12.7. The summed E-state index contributed by atoms with van der Waals surface area (Å²) in [5.41, 5.74) is 0.898. The lowest BCUT2D eigenvalue weighted by Gasteiger charge is -2.13. The van der Waals surface area contributed by atoms with E-state index in [4.69, 9.17) is 28.3 Å². The summed E-state index contributed by atoms with van der Waals surface area (Å²) in [5, 5.41) is 13.2. The van der Waals surface area contributed by atoms with Crippen molar-refractivity contribution in [3.05, 3.63) is 33.8 Å². The number of hydrogen-bond donors (Lipinski definition) is 2. The Hall–Kier alpha value is -0.770. The number of halogens is 2. The highest BCUT2D eigenvalue weighted by Gasteiger charge is 2.35. The molecule has 92 valence electrons. The van der Waals surface area contributed by atoms with Gasteiger partial charge in [-0.2, -0.15) is 0 Å². The molecule has 3 nitrogen and oxygen atoms in total. The molecule has 2 N–H and O–H groups in total. The van der Waals surface area contributed by atoms with Crippen LogP contribution in [-0.2, 0) is 11.3 Å². The van der Waals surface area contributed by atoms with Crippen LogP contribution in [0.1, 0.15) is 18.4 Å². The zero-order valence-corrected chi connectivity index (χ0v) is 10.6. The van der Waals surface area contributed by atoms with Crippen LogP contribution in [0.2, 0.25) is 10.0 Å². The van der Waals surface area contributed by atoms with Gasteiger partial charge >= 0.3 is 5.97 Å². The van der Waals surface area contributed by atoms with Crippen molar-refractivity contribution in [1.82, 2.24) is 5.32 Å². The third kappa shape index (κ3) is 3.60. The second-order valence-corrected chi connectivity index (χ2v) is 5.18. The molecule has 1 aromatic carbocycles. The molecule has 0 aromatic heterocycles. The molecule has 5 heteroatoms. The van der Waals surface area contributed by atoms with Gasteiger partial charge in [-0.05, 0) is 42.5 Å². The van der Waals surface area contributed by atoms with E-state index in [2.05, 4.69) is 5.32 Å². The highest BCUT2D eigenvalue weighted by Crippen LogP contribution is 2.33. The molecule has 0 radical (unpaired) electrons. The van der Waals surface area contributed by atoms with Gasteiger partial charge in [0.05, 0.1) is 0 Å². The molecule has 1 aliphatic carbocycles. The molecular weight excluding hydrogens is 261 g/mol. The Morgan fingerprint density at radius 3 is 2.41 bits per heavy atom. The molecule has 17 heavy (non-hydrogen) atoms. The van der Waals surface area contributed by atoms with Crippen LogP contribution in [-0.4, -0.2) is 17.1 Å². The van der Waals surface area contributed by atoms with Gasteiger partial charge < -0.3 is 10.4 Å². The molecule has 0 heterocycles. The fraction of sp³-hybridized carbons (Fsp3) is 0.417. The molecule has 0 spiro atoms. The van der Waals surface area contributed by atoms with E-state index >= 15 is 0 Å². The van der Waals surface area contributed by atoms with Gasteiger partial charge in [0.2, 0.25) is 0 Å². The van der Waals surface area contributed by atoms with Gasteiger partial charge in [-0.15, -0.1) is 0 Å². The van der Waals surface area contributed by atoms with Crippen molar-refractivity contribution in [1.29, 1.82) is 0 Å². The summed E-state index contributed by atoms with van der Waals surface area (Å²) in [6, 6.07) is 4.76. The minimum absolute atomic E-state index is 0.266. The van der Waals surface area contributed by atoms with E-state index in [1.54, 1.807) is 18.2 Å². The quantitative estimate of drug-likeness (QED) is 0.867. The molecule has 1 atom stereocenters. The van der Waals surface area contributed by atoms with Gasteiger partial charge in [-0.25, -0.2) is 0 Å². The van der Waals surface area contributed by atoms with Crippen LogP contribution in [0.3, 0.4) is 0 Å². The van der Waals surface area contributed by atoms with Gasteiger partial charge in [-0.1, -0.05) is 23.2 Å². The number of nitrogens with one attached hydrogen (secondary N) is 1. The van der Waals surface area contributed by atoms with Gasteiger partial charge in [0.25, 0.3) is 0 Å². The van der Waals surface area contributed by atoms with E-state index < -0.39 is 12.0 Å². The Balaban J connectivity index is 1.98. The highest BCUT2D eigenvalue weighted by molar-refractivity contribution is 6.34. The predicted molar refractivity (Wildman–Crippen MR) is 67.4 cm³/mol. The molecule has 1 aromatic rings. The lowest BCUT2D eigenvalue weighted by molar-refractivity contribution is -0.140. The van der Waals surface area contributed by atoms with Crippen molar-refractivity contribution in [3.8, 4) is 0 Å². The standard InChI is InChI=1S/C12H13Cl2NO2/c13-9-3-7(4-10(14)5-9)6-15-11(12(16)17)8-1-2-8/h3-5,8,11,15H,1-2,6H2,(H,16,17). The molecule has 0 amide bonds. The van der Waals surface area contributed by atoms with Crippen molar-refractivity contribution < 1.29 is 9.90 Å². The van der Waals surface area contributed by atoms with Crippen molar-refractivity contribution in [3.63, 3.8) is 0 Å². The smallest absolute Gasteiger partial charge is 0.320 e. The van der Waals surface area contributed by atoms with Gasteiger partial charge in [0.1, 0.15) is 6.04 Å². The number of rotatable bonds is 5. The van der Waals surface area contributed by atoms with Crippen LogP contribution in [0.5, 0.6) is 0 Å². The Morgan fingerprint density at radius 2 is 1.94 bits per heavy atom. The number of carboxylic acid groups (broad SMARTS) is 1. The summed E-state index contributed by atoms with van der Waals surface area (Å²) in [6.45, 7) is 0.466. The van der Waals surface area contributed by atoms with E-state index in [1.165, 1.54) is 0 Å². The maximum absolute atomic E-state index is 11.0. The second-order valence-electron chi connectivity index (χ2n) is 4.31. The summed E-state index contributed by atoms with van der Waals surface area (Å²) in [6.07, 6.45) is 1.97. The first-order valence-electron chi connectivity index (χ1n) is 5.47. The molecule has 0 aliphatic heterocycles. The molecular formula is C12H13Cl2NO2. The summed E-state index contributed by atoms with van der Waals surface area (Å²) in [5.74, 6) is -0.525. The molecule has 1 fully saturated rings. The number of carboxylic acids is 1. The largest absolute Gasteiger partial charge is 0.480 e. The lowest BCUT2D eigenvalue weighted by atomic mass is 10.1. The van der Waals surface area contributed by atoms with E-state index in [9.17, 15) is 4.79 Å². The zero-order valence-electron chi connectivity index (χ0n) is 9.12. The summed E-state index contributed by atoms with van der Waals surface area (Å²) in [7, 11) is 0.